The molecule has 0 saturated heterocycles. The Morgan fingerprint density at radius 3 is 2.05 bits per heavy atom. The van der Waals surface area contributed by atoms with Crippen molar-refractivity contribution in [3.63, 3.8) is 0 Å². The zero-order chi connectivity index (χ0) is 14.5. The quantitative estimate of drug-likeness (QED) is 0.585. The van der Waals surface area contributed by atoms with Crippen LogP contribution in [0.15, 0.2) is 24.3 Å². The number of hydrogen-bond acceptors (Lipinski definition) is 3. The molecule has 3 N–H and O–H groups in total. The fourth-order valence-corrected chi connectivity index (χ4v) is 2.42. The topological polar surface area (TPSA) is 47.3 Å². The van der Waals surface area contributed by atoms with Gasteiger partial charge in [0.05, 0.1) is 11.6 Å². The van der Waals surface area contributed by atoms with E-state index in [0.717, 1.165) is 6.42 Å². The van der Waals surface area contributed by atoms with Crippen LogP contribution in [0.3, 0.4) is 0 Å². The minimum Gasteiger partial charge on any atom is -0.374 e. The van der Waals surface area contributed by atoms with Gasteiger partial charge in [0.15, 0.2) is 0 Å². The molecule has 0 aromatic heterocycles. The van der Waals surface area contributed by atoms with E-state index in [1.165, 1.54) is 11.1 Å². The number of hydrazine groups is 1. The molecule has 0 fully saturated rings. The summed E-state index contributed by atoms with van der Waals surface area (Å²) in [4.78, 5) is 0. The Bertz CT molecular complexity index is 375. The van der Waals surface area contributed by atoms with Gasteiger partial charge in [0.1, 0.15) is 0 Å². The molecule has 0 radical (unpaired) electrons. The first-order valence-corrected chi connectivity index (χ1v) is 7.18. The first kappa shape index (κ1) is 16.2. The molecule has 1 aromatic rings. The Kier molecular flexibility index (Phi) is 5.98. The molecule has 0 aliphatic heterocycles. The monoisotopic (exact) mass is 264 g/mol. The van der Waals surface area contributed by atoms with Crippen LogP contribution in [0.25, 0.3) is 0 Å². The molecule has 0 amide bonds. The Morgan fingerprint density at radius 2 is 1.68 bits per heavy atom. The zero-order valence-electron chi connectivity index (χ0n) is 12.9. The molecule has 3 heteroatoms. The minimum absolute atomic E-state index is 0.00124. The van der Waals surface area contributed by atoms with Gasteiger partial charge < -0.3 is 4.74 Å². The lowest BCUT2D eigenvalue weighted by Crippen LogP contribution is -2.46. The van der Waals surface area contributed by atoms with E-state index in [2.05, 4.69) is 57.4 Å². The van der Waals surface area contributed by atoms with E-state index in [-0.39, 0.29) is 11.6 Å². The van der Waals surface area contributed by atoms with Gasteiger partial charge in [-0.25, -0.2) is 0 Å². The van der Waals surface area contributed by atoms with Crippen molar-refractivity contribution in [2.75, 3.05) is 6.61 Å². The first-order chi connectivity index (χ1) is 8.98. The number of ether oxygens (including phenoxy) is 1. The number of hydrogen-bond donors (Lipinski definition) is 2. The van der Waals surface area contributed by atoms with Crippen LogP contribution >= 0.6 is 0 Å². The van der Waals surface area contributed by atoms with Crippen molar-refractivity contribution in [3.8, 4) is 0 Å². The van der Waals surface area contributed by atoms with Crippen LogP contribution in [0.4, 0.5) is 0 Å². The van der Waals surface area contributed by atoms with E-state index in [4.69, 9.17) is 10.6 Å². The Morgan fingerprint density at radius 1 is 1.16 bits per heavy atom. The molecule has 3 nitrogen and oxygen atoms in total. The van der Waals surface area contributed by atoms with Crippen molar-refractivity contribution in [1.82, 2.24) is 5.43 Å². The summed E-state index contributed by atoms with van der Waals surface area (Å²) in [5, 5.41) is 0. The van der Waals surface area contributed by atoms with Crippen molar-refractivity contribution in [3.05, 3.63) is 35.4 Å². The highest BCUT2D eigenvalue weighted by Gasteiger charge is 2.33. The second-order valence-corrected chi connectivity index (χ2v) is 5.52. The third kappa shape index (κ3) is 3.78. The summed E-state index contributed by atoms with van der Waals surface area (Å²) in [5.74, 6) is 6.31. The Labute approximate surface area is 117 Å². The van der Waals surface area contributed by atoms with Crippen LogP contribution in [0.1, 0.15) is 64.1 Å². The van der Waals surface area contributed by atoms with Crippen molar-refractivity contribution in [2.45, 2.75) is 58.6 Å². The van der Waals surface area contributed by atoms with Crippen LogP contribution in [0, 0.1) is 0 Å². The normalized spacial score (nSPS) is 16.4. The van der Waals surface area contributed by atoms with Gasteiger partial charge in [-0.05, 0) is 37.3 Å². The Hall–Kier alpha value is -0.900. The molecule has 0 spiro atoms. The standard InChI is InChI=1S/C16H28N2O/c1-6-16(5,19-7-2)15(18-17)14-10-8-13(9-11-14)12(3)4/h8-12,15,18H,6-7,17H2,1-5H3. The van der Waals surface area contributed by atoms with E-state index in [1.54, 1.807) is 0 Å². The van der Waals surface area contributed by atoms with E-state index >= 15 is 0 Å². The molecular weight excluding hydrogens is 236 g/mol. The van der Waals surface area contributed by atoms with Gasteiger partial charge in [-0.15, -0.1) is 0 Å². The molecule has 0 aliphatic rings. The summed E-state index contributed by atoms with van der Waals surface area (Å²) < 4.78 is 5.92. The van der Waals surface area contributed by atoms with Gasteiger partial charge in [-0.1, -0.05) is 45.0 Å². The molecule has 1 aromatic carbocycles. The average molecular weight is 264 g/mol. The summed E-state index contributed by atoms with van der Waals surface area (Å²) in [7, 11) is 0. The lowest BCUT2D eigenvalue weighted by atomic mass is 9.87. The molecule has 108 valence electrons. The van der Waals surface area contributed by atoms with E-state index in [0.29, 0.717) is 12.5 Å². The van der Waals surface area contributed by atoms with Crippen LogP contribution in [-0.2, 0) is 4.74 Å². The maximum Gasteiger partial charge on any atom is 0.0858 e. The van der Waals surface area contributed by atoms with E-state index in [9.17, 15) is 0 Å². The van der Waals surface area contributed by atoms with Crippen LogP contribution in [-0.4, -0.2) is 12.2 Å². The maximum atomic E-state index is 5.92. The van der Waals surface area contributed by atoms with Crippen molar-refractivity contribution < 1.29 is 4.74 Å². The molecule has 0 aliphatic carbocycles. The molecule has 19 heavy (non-hydrogen) atoms. The SMILES string of the molecule is CCOC(C)(CC)C(NN)c1ccc(C(C)C)cc1. The fraction of sp³-hybridized carbons (Fsp3) is 0.625. The summed E-state index contributed by atoms with van der Waals surface area (Å²) in [6, 6.07) is 8.64. The first-order valence-electron chi connectivity index (χ1n) is 7.18. The molecule has 0 heterocycles. The van der Waals surface area contributed by atoms with Crippen LogP contribution in [0.2, 0.25) is 0 Å². The highest BCUT2D eigenvalue weighted by atomic mass is 16.5. The van der Waals surface area contributed by atoms with Crippen LogP contribution < -0.4 is 11.3 Å². The van der Waals surface area contributed by atoms with Crippen molar-refractivity contribution in [2.24, 2.45) is 5.84 Å². The summed E-state index contributed by atoms with van der Waals surface area (Å²) in [6.45, 7) is 11.3. The van der Waals surface area contributed by atoms with E-state index < -0.39 is 0 Å². The molecule has 2 atom stereocenters. The number of nitrogens with one attached hydrogen (secondary N) is 1. The molecule has 0 bridgehead atoms. The average Bonchev–Trinajstić information content (AvgIpc) is 2.40. The van der Waals surface area contributed by atoms with Gasteiger partial charge in [-0.3, -0.25) is 11.3 Å². The van der Waals surface area contributed by atoms with E-state index in [1.807, 2.05) is 6.92 Å². The predicted octanol–water partition coefficient (Wildman–Crippen LogP) is 3.52. The third-order valence-corrected chi connectivity index (χ3v) is 3.89. The minimum atomic E-state index is -0.289. The highest BCUT2D eigenvalue weighted by Crippen LogP contribution is 2.32. The van der Waals surface area contributed by atoms with Gasteiger partial charge >= 0.3 is 0 Å². The third-order valence-electron chi connectivity index (χ3n) is 3.89. The van der Waals surface area contributed by atoms with Crippen LogP contribution in [0.5, 0.6) is 0 Å². The van der Waals surface area contributed by atoms with Gasteiger partial charge in [0, 0.05) is 6.61 Å². The zero-order valence-corrected chi connectivity index (χ0v) is 12.9. The molecule has 0 saturated carbocycles. The predicted molar refractivity (Wildman–Crippen MR) is 80.9 cm³/mol. The summed E-state index contributed by atoms with van der Waals surface area (Å²) >= 11 is 0. The van der Waals surface area contributed by atoms with Gasteiger partial charge in [0.25, 0.3) is 0 Å². The fourth-order valence-electron chi connectivity index (χ4n) is 2.42. The number of benzene rings is 1. The lowest BCUT2D eigenvalue weighted by molar-refractivity contribution is -0.0564. The smallest absolute Gasteiger partial charge is 0.0858 e. The second-order valence-electron chi connectivity index (χ2n) is 5.52. The Balaban J connectivity index is 3.01. The summed E-state index contributed by atoms with van der Waals surface area (Å²) in [5.41, 5.74) is 5.14. The lowest BCUT2D eigenvalue weighted by Gasteiger charge is -2.36. The number of nitrogens with two attached hydrogens (primary N) is 1. The largest absolute Gasteiger partial charge is 0.374 e. The molecular formula is C16H28N2O. The molecule has 2 unspecified atom stereocenters. The second kappa shape index (κ2) is 7.04. The van der Waals surface area contributed by atoms with Gasteiger partial charge in [0.2, 0.25) is 0 Å². The molecule has 1 rings (SSSR count). The van der Waals surface area contributed by atoms with Crippen molar-refractivity contribution >= 4 is 0 Å². The summed E-state index contributed by atoms with van der Waals surface area (Å²) in [6.07, 6.45) is 0.904. The maximum absolute atomic E-state index is 5.92. The van der Waals surface area contributed by atoms with Gasteiger partial charge in [-0.2, -0.15) is 0 Å². The number of rotatable bonds is 7. The van der Waals surface area contributed by atoms with Crippen molar-refractivity contribution in [1.29, 1.82) is 0 Å². The highest BCUT2D eigenvalue weighted by molar-refractivity contribution is 5.28.